The average Bonchev–Trinajstić information content (AvgIpc) is 2.25. The van der Waals surface area contributed by atoms with Crippen LogP contribution >= 0.6 is 0 Å². The van der Waals surface area contributed by atoms with Gasteiger partial charge in [0.15, 0.2) is 0 Å². The summed E-state index contributed by atoms with van der Waals surface area (Å²) in [6, 6.07) is 0.197. The molecular weight excluding hydrogens is 174 g/mol. The van der Waals surface area contributed by atoms with E-state index >= 15 is 0 Å². The summed E-state index contributed by atoms with van der Waals surface area (Å²) in [6.07, 6.45) is 7.82. The van der Waals surface area contributed by atoms with Gasteiger partial charge in [0.2, 0.25) is 0 Å². The quantitative estimate of drug-likeness (QED) is 0.528. The number of quaternary nitrogens is 1. The Morgan fingerprint density at radius 2 is 2.00 bits per heavy atom. The third-order valence-electron chi connectivity index (χ3n) is 3.43. The molecule has 0 bridgehead atoms. The van der Waals surface area contributed by atoms with Gasteiger partial charge in [-0.25, -0.2) is 0 Å². The van der Waals surface area contributed by atoms with Crippen molar-refractivity contribution in [3.05, 3.63) is 23.9 Å². The molecule has 1 aliphatic rings. The Labute approximate surface area is 87.1 Å². The van der Waals surface area contributed by atoms with Gasteiger partial charge in [0.1, 0.15) is 11.7 Å². The number of likely N-dealkylation sites (N-methyl/N-ethyl adjacent to an activating group) is 1. The Morgan fingerprint density at radius 1 is 1.36 bits per heavy atom. The highest BCUT2D eigenvalue weighted by Crippen LogP contribution is 2.24. The molecule has 2 heteroatoms. The molecule has 2 unspecified atom stereocenters. The second-order valence-corrected chi connectivity index (χ2v) is 4.55. The summed E-state index contributed by atoms with van der Waals surface area (Å²) in [4.78, 5) is 0. The molecule has 1 rings (SSSR count). The van der Waals surface area contributed by atoms with Crippen LogP contribution in [0, 0.1) is 5.92 Å². The van der Waals surface area contributed by atoms with Gasteiger partial charge >= 0.3 is 0 Å². The highest BCUT2D eigenvalue weighted by Gasteiger charge is 2.30. The van der Waals surface area contributed by atoms with Gasteiger partial charge in [-0.2, -0.15) is 0 Å². The molecule has 0 amide bonds. The van der Waals surface area contributed by atoms with Crippen LogP contribution in [0.5, 0.6) is 0 Å². The van der Waals surface area contributed by atoms with Crippen LogP contribution in [0.3, 0.4) is 0 Å². The zero-order valence-corrected chi connectivity index (χ0v) is 9.70. The van der Waals surface area contributed by atoms with Gasteiger partial charge in [0, 0.05) is 12.8 Å². The first-order valence-corrected chi connectivity index (χ1v) is 5.34. The number of nitrogens with zero attached hydrogens (tertiary/aromatic N) is 1. The molecule has 0 spiro atoms. The van der Waals surface area contributed by atoms with Gasteiger partial charge in [-0.15, -0.1) is 0 Å². The molecule has 0 aromatic carbocycles. The van der Waals surface area contributed by atoms with Crippen LogP contribution in [0.1, 0.15) is 20.3 Å². The number of allylic oxidation sites excluding steroid dienone is 3. The lowest BCUT2D eigenvalue weighted by Gasteiger charge is -2.35. The molecule has 14 heavy (non-hydrogen) atoms. The van der Waals surface area contributed by atoms with E-state index in [9.17, 15) is 5.11 Å². The van der Waals surface area contributed by atoms with Gasteiger partial charge in [-0.3, -0.25) is 4.48 Å². The maximum atomic E-state index is 9.33. The van der Waals surface area contributed by atoms with Crippen LogP contribution in [0.15, 0.2) is 23.9 Å². The maximum absolute atomic E-state index is 9.33. The molecule has 80 valence electrons. The van der Waals surface area contributed by atoms with E-state index in [2.05, 4.69) is 46.2 Å². The van der Waals surface area contributed by atoms with Crippen LogP contribution in [-0.4, -0.2) is 36.3 Å². The summed E-state index contributed by atoms with van der Waals surface area (Å²) in [5.41, 5.74) is 1.33. The topological polar surface area (TPSA) is 20.2 Å². The summed E-state index contributed by atoms with van der Waals surface area (Å²) in [7, 11) is 4.30. The molecule has 1 N–H and O–H groups in total. The first kappa shape index (κ1) is 11.5. The van der Waals surface area contributed by atoms with Crippen molar-refractivity contribution >= 4 is 0 Å². The number of hydrogen-bond acceptors (Lipinski definition) is 1. The molecule has 1 aliphatic heterocycles. The van der Waals surface area contributed by atoms with Gasteiger partial charge in [-0.1, -0.05) is 13.0 Å². The molecule has 0 aromatic heterocycles. The van der Waals surface area contributed by atoms with Crippen LogP contribution in [0.2, 0.25) is 0 Å². The third kappa shape index (κ3) is 2.07. The Morgan fingerprint density at radius 3 is 2.50 bits per heavy atom. The molecule has 0 aliphatic carbocycles. The smallest absolute Gasteiger partial charge is 0.135 e. The summed E-state index contributed by atoms with van der Waals surface area (Å²) in [5, 5.41) is 9.33. The van der Waals surface area contributed by atoms with Crippen LogP contribution in [0.4, 0.5) is 0 Å². The van der Waals surface area contributed by atoms with Gasteiger partial charge in [0.05, 0.1) is 20.7 Å². The Bertz CT molecular complexity index is 253. The van der Waals surface area contributed by atoms with E-state index in [1.54, 1.807) is 0 Å². The van der Waals surface area contributed by atoms with Crippen molar-refractivity contribution in [2.45, 2.75) is 26.3 Å². The minimum atomic E-state index is 0.197. The lowest BCUT2D eigenvalue weighted by Crippen LogP contribution is -2.47. The lowest BCUT2D eigenvalue weighted by atomic mass is 10.1. The van der Waals surface area contributed by atoms with Crippen molar-refractivity contribution in [1.29, 1.82) is 0 Å². The van der Waals surface area contributed by atoms with Crippen LogP contribution in [-0.2, 0) is 0 Å². The number of aliphatic hydroxyl groups excluding tert-OH is 1. The van der Waals surface area contributed by atoms with Crippen LogP contribution in [0.25, 0.3) is 0 Å². The summed E-state index contributed by atoms with van der Waals surface area (Å²) in [5.74, 6) is 0.531. The van der Waals surface area contributed by atoms with E-state index in [1.807, 2.05) is 0 Å². The Kier molecular flexibility index (Phi) is 3.51. The zero-order chi connectivity index (χ0) is 10.8. The number of rotatable bonds is 2. The second kappa shape index (κ2) is 4.28. The molecule has 0 saturated carbocycles. The van der Waals surface area contributed by atoms with Crippen molar-refractivity contribution in [2.24, 2.45) is 5.92 Å². The highest BCUT2D eigenvalue weighted by molar-refractivity contribution is 5.09. The molecule has 2 nitrogen and oxygen atoms in total. The van der Waals surface area contributed by atoms with Gasteiger partial charge < -0.3 is 5.11 Å². The van der Waals surface area contributed by atoms with Crippen molar-refractivity contribution in [3.63, 3.8) is 0 Å². The number of aliphatic hydroxyl groups is 1. The lowest BCUT2D eigenvalue weighted by molar-refractivity contribution is -0.871. The molecular formula is C12H22NO+. The van der Waals surface area contributed by atoms with Crippen molar-refractivity contribution in [1.82, 2.24) is 0 Å². The monoisotopic (exact) mass is 196 g/mol. The Balaban J connectivity index is 3.01. The Hall–Kier alpha value is -0.600. The second-order valence-electron chi connectivity index (χ2n) is 4.55. The van der Waals surface area contributed by atoms with E-state index < -0.39 is 0 Å². The molecule has 0 saturated heterocycles. The average molecular weight is 196 g/mol. The standard InChI is InChI=1S/C12H22NO/c1-5-11-6-7-12(9-14)13(3,4)10(2)8-11/h6-8,11-12,14H,5,9H2,1-4H3/q+1. The van der Waals surface area contributed by atoms with Gasteiger partial charge in [-0.05, 0) is 18.6 Å². The van der Waals surface area contributed by atoms with E-state index in [1.165, 1.54) is 5.70 Å². The van der Waals surface area contributed by atoms with E-state index in [-0.39, 0.29) is 12.6 Å². The molecule has 2 atom stereocenters. The SMILES string of the molecule is CCC1C=CC(CO)[N+](C)(C)C(C)=C1. The van der Waals surface area contributed by atoms with Crippen molar-refractivity contribution < 1.29 is 9.59 Å². The molecule has 0 radical (unpaired) electrons. The molecule has 0 aromatic rings. The first-order valence-electron chi connectivity index (χ1n) is 5.34. The summed E-state index contributed by atoms with van der Waals surface area (Å²) >= 11 is 0. The third-order valence-corrected chi connectivity index (χ3v) is 3.43. The molecule has 0 fully saturated rings. The fourth-order valence-electron chi connectivity index (χ4n) is 1.82. The summed E-state index contributed by atoms with van der Waals surface area (Å²) < 4.78 is 0.767. The normalized spacial score (nSPS) is 31.1. The largest absolute Gasteiger partial charge is 0.390 e. The predicted molar refractivity (Wildman–Crippen MR) is 59.7 cm³/mol. The van der Waals surface area contributed by atoms with E-state index in [0.29, 0.717) is 5.92 Å². The zero-order valence-electron chi connectivity index (χ0n) is 9.70. The van der Waals surface area contributed by atoms with Gasteiger partial charge in [0.25, 0.3) is 0 Å². The van der Waals surface area contributed by atoms with Crippen LogP contribution < -0.4 is 0 Å². The minimum Gasteiger partial charge on any atom is -0.390 e. The van der Waals surface area contributed by atoms with Crippen molar-refractivity contribution in [3.8, 4) is 0 Å². The predicted octanol–water partition coefficient (Wildman–Crippen LogP) is 1.92. The fourth-order valence-corrected chi connectivity index (χ4v) is 1.82. The first-order chi connectivity index (χ1) is 6.52. The van der Waals surface area contributed by atoms with Crippen molar-refractivity contribution in [2.75, 3.05) is 20.7 Å². The molecule has 1 heterocycles. The number of hydrogen-bond donors (Lipinski definition) is 1. The summed E-state index contributed by atoms with van der Waals surface area (Å²) in [6.45, 7) is 4.56. The fraction of sp³-hybridized carbons (Fsp3) is 0.667. The highest BCUT2D eigenvalue weighted by atomic mass is 16.3. The maximum Gasteiger partial charge on any atom is 0.135 e. The van der Waals surface area contributed by atoms with E-state index in [0.717, 1.165) is 10.9 Å². The van der Waals surface area contributed by atoms with E-state index in [4.69, 9.17) is 0 Å². The minimum absolute atomic E-state index is 0.197.